The number of para-hydroxylation sites is 1. The zero-order valence-corrected chi connectivity index (χ0v) is 19.2. The van der Waals surface area contributed by atoms with E-state index in [0.29, 0.717) is 41.8 Å². The highest BCUT2D eigenvalue weighted by molar-refractivity contribution is 6.30. The molecule has 1 unspecified atom stereocenters. The first-order chi connectivity index (χ1) is 16.0. The monoisotopic (exact) mass is 460 g/mol. The number of nitrogens with zero attached hydrogens (tertiary/aromatic N) is 4. The van der Waals surface area contributed by atoms with Gasteiger partial charge in [-0.05, 0) is 56.0 Å². The van der Waals surface area contributed by atoms with Crippen molar-refractivity contribution in [1.29, 1.82) is 0 Å². The van der Waals surface area contributed by atoms with Crippen molar-refractivity contribution >= 4 is 23.4 Å². The molecule has 3 aliphatic rings. The van der Waals surface area contributed by atoms with Crippen LogP contribution >= 0.6 is 11.6 Å². The molecule has 0 radical (unpaired) electrons. The minimum absolute atomic E-state index is 0.000841. The van der Waals surface area contributed by atoms with Crippen LogP contribution in [0.4, 0.5) is 0 Å². The molecule has 0 spiro atoms. The highest BCUT2D eigenvalue weighted by Gasteiger charge is 2.50. The Bertz CT molecular complexity index is 1240. The van der Waals surface area contributed by atoms with E-state index in [9.17, 15) is 9.59 Å². The van der Waals surface area contributed by atoms with E-state index in [1.165, 1.54) is 0 Å². The molecule has 6 nitrogen and oxygen atoms in total. The van der Waals surface area contributed by atoms with Crippen molar-refractivity contribution in [3.8, 4) is 5.69 Å². The van der Waals surface area contributed by atoms with E-state index in [1.54, 1.807) is 24.3 Å². The molecule has 2 amide bonds. The zero-order chi connectivity index (χ0) is 22.7. The molecule has 1 aromatic heterocycles. The van der Waals surface area contributed by atoms with Crippen LogP contribution in [0.25, 0.3) is 5.69 Å². The fourth-order valence-electron chi connectivity index (χ4n) is 5.31. The lowest BCUT2D eigenvalue weighted by Gasteiger charge is -2.42. The molecular formula is C26H25ClN4O2. The Balaban J connectivity index is 1.22. The standard InChI is InChI=1S/C26H25ClN4O2/c1-16-22-23(18-10-11-18)30(26(33)24(22)31(28-16)21-8-3-2-4-9-21)15-17-13-29(14-17)25(32)19-6-5-7-20(27)12-19/h2-9,12,17-18,23H,10-11,13-15H2,1H3. The van der Waals surface area contributed by atoms with Gasteiger partial charge in [0.1, 0.15) is 5.69 Å². The molecule has 1 atom stereocenters. The third-order valence-electron chi connectivity index (χ3n) is 7.04. The summed E-state index contributed by atoms with van der Waals surface area (Å²) < 4.78 is 1.82. The Morgan fingerprint density at radius 2 is 1.85 bits per heavy atom. The molecule has 33 heavy (non-hydrogen) atoms. The molecule has 6 rings (SSSR count). The molecule has 168 valence electrons. The van der Waals surface area contributed by atoms with Gasteiger partial charge in [-0.3, -0.25) is 9.59 Å². The lowest BCUT2D eigenvalue weighted by atomic mass is 9.96. The quantitative estimate of drug-likeness (QED) is 0.562. The number of amides is 2. The van der Waals surface area contributed by atoms with E-state index in [1.807, 2.05) is 46.8 Å². The van der Waals surface area contributed by atoms with Crippen LogP contribution in [0.3, 0.4) is 0 Å². The highest BCUT2D eigenvalue weighted by atomic mass is 35.5. The average Bonchev–Trinajstić information content (AvgIpc) is 3.51. The van der Waals surface area contributed by atoms with E-state index in [-0.39, 0.29) is 23.8 Å². The van der Waals surface area contributed by atoms with Crippen molar-refractivity contribution in [2.75, 3.05) is 19.6 Å². The maximum atomic E-state index is 13.7. The van der Waals surface area contributed by atoms with Gasteiger partial charge in [0.15, 0.2) is 0 Å². The van der Waals surface area contributed by atoms with Crippen molar-refractivity contribution < 1.29 is 9.59 Å². The maximum Gasteiger partial charge on any atom is 0.273 e. The van der Waals surface area contributed by atoms with Gasteiger partial charge in [-0.15, -0.1) is 0 Å². The summed E-state index contributed by atoms with van der Waals surface area (Å²) in [5.41, 5.74) is 4.26. The van der Waals surface area contributed by atoms with Crippen LogP contribution in [0, 0.1) is 18.8 Å². The summed E-state index contributed by atoms with van der Waals surface area (Å²) in [7, 11) is 0. The molecule has 1 saturated carbocycles. The van der Waals surface area contributed by atoms with Crippen molar-refractivity contribution in [1.82, 2.24) is 19.6 Å². The van der Waals surface area contributed by atoms with Crippen LogP contribution in [-0.2, 0) is 0 Å². The first kappa shape index (κ1) is 20.5. The first-order valence-corrected chi connectivity index (χ1v) is 11.9. The molecule has 3 aromatic rings. The van der Waals surface area contributed by atoms with Crippen LogP contribution in [0.15, 0.2) is 54.6 Å². The number of halogens is 1. The lowest BCUT2D eigenvalue weighted by molar-refractivity contribution is 0.0337. The van der Waals surface area contributed by atoms with Gasteiger partial charge in [0.05, 0.1) is 17.4 Å². The van der Waals surface area contributed by atoms with E-state index >= 15 is 0 Å². The second-order valence-electron chi connectivity index (χ2n) is 9.42. The van der Waals surface area contributed by atoms with Gasteiger partial charge >= 0.3 is 0 Å². The number of carbonyl (C=O) groups is 2. The second-order valence-corrected chi connectivity index (χ2v) is 9.86. The van der Waals surface area contributed by atoms with Crippen LogP contribution in [0.2, 0.25) is 5.02 Å². The van der Waals surface area contributed by atoms with Crippen LogP contribution < -0.4 is 0 Å². The number of aromatic nitrogens is 2. The normalized spacial score (nSPS) is 20.2. The maximum absolute atomic E-state index is 13.7. The minimum atomic E-state index is -0.000841. The predicted octanol–water partition coefficient (Wildman–Crippen LogP) is 4.51. The number of benzene rings is 2. The molecule has 0 N–H and O–H groups in total. The Morgan fingerprint density at radius 3 is 2.55 bits per heavy atom. The lowest BCUT2D eigenvalue weighted by Crippen LogP contribution is -2.54. The zero-order valence-electron chi connectivity index (χ0n) is 18.4. The predicted molar refractivity (Wildman–Crippen MR) is 126 cm³/mol. The summed E-state index contributed by atoms with van der Waals surface area (Å²) in [4.78, 5) is 30.3. The van der Waals surface area contributed by atoms with E-state index in [0.717, 1.165) is 29.8 Å². The second kappa shape index (κ2) is 7.73. The Kier molecular flexibility index (Phi) is 4.80. The summed E-state index contributed by atoms with van der Waals surface area (Å²) in [6, 6.07) is 17.0. The average molecular weight is 461 g/mol. The van der Waals surface area contributed by atoms with Crippen molar-refractivity contribution in [3.63, 3.8) is 0 Å². The first-order valence-electron chi connectivity index (χ1n) is 11.5. The third-order valence-corrected chi connectivity index (χ3v) is 7.28. The number of rotatable bonds is 5. The molecule has 3 heterocycles. The van der Waals surface area contributed by atoms with Crippen LogP contribution in [0.1, 0.15) is 51.0 Å². The van der Waals surface area contributed by atoms with Gasteiger partial charge in [-0.1, -0.05) is 35.9 Å². The number of likely N-dealkylation sites (tertiary alicyclic amines) is 1. The SMILES string of the molecule is Cc1nn(-c2ccccc2)c2c1C(C1CC1)N(CC1CN(C(=O)c3cccc(Cl)c3)C1)C2=O. The van der Waals surface area contributed by atoms with Crippen molar-refractivity contribution in [2.24, 2.45) is 11.8 Å². The van der Waals surface area contributed by atoms with Crippen LogP contribution in [-0.4, -0.2) is 51.0 Å². The fraction of sp³-hybridized carbons (Fsp3) is 0.346. The molecule has 2 aliphatic heterocycles. The topological polar surface area (TPSA) is 58.4 Å². The van der Waals surface area contributed by atoms with Crippen molar-refractivity contribution in [3.05, 3.63) is 82.1 Å². The number of aryl methyl sites for hydroxylation is 1. The Labute approximate surface area is 197 Å². The van der Waals surface area contributed by atoms with Crippen LogP contribution in [0.5, 0.6) is 0 Å². The molecule has 7 heteroatoms. The summed E-state index contributed by atoms with van der Waals surface area (Å²) >= 11 is 6.05. The van der Waals surface area contributed by atoms with Gasteiger partial charge in [0, 0.05) is 41.7 Å². The molecule has 2 aromatic carbocycles. The minimum Gasteiger partial charge on any atom is -0.338 e. The van der Waals surface area contributed by atoms with Gasteiger partial charge < -0.3 is 9.80 Å². The molecule has 1 saturated heterocycles. The Hall–Kier alpha value is -3.12. The molecular weight excluding hydrogens is 436 g/mol. The number of hydrogen-bond acceptors (Lipinski definition) is 3. The molecule has 0 bridgehead atoms. The van der Waals surface area contributed by atoms with Gasteiger partial charge in [-0.2, -0.15) is 5.10 Å². The highest BCUT2D eigenvalue weighted by Crippen LogP contribution is 2.51. The largest absolute Gasteiger partial charge is 0.338 e. The smallest absolute Gasteiger partial charge is 0.273 e. The summed E-state index contributed by atoms with van der Waals surface area (Å²) in [5.74, 6) is 0.845. The number of hydrogen-bond donors (Lipinski definition) is 0. The van der Waals surface area contributed by atoms with E-state index < -0.39 is 0 Å². The van der Waals surface area contributed by atoms with E-state index in [2.05, 4.69) is 4.90 Å². The number of fused-ring (bicyclic) bond motifs is 1. The number of carbonyl (C=O) groups excluding carboxylic acids is 2. The summed E-state index contributed by atoms with van der Waals surface area (Å²) in [6.07, 6.45) is 2.29. The third kappa shape index (κ3) is 3.44. The Morgan fingerprint density at radius 1 is 1.09 bits per heavy atom. The van der Waals surface area contributed by atoms with Gasteiger partial charge in [0.2, 0.25) is 0 Å². The molecule has 1 aliphatic carbocycles. The molecule has 2 fully saturated rings. The van der Waals surface area contributed by atoms with E-state index in [4.69, 9.17) is 16.7 Å². The summed E-state index contributed by atoms with van der Waals surface area (Å²) in [6.45, 7) is 4.00. The summed E-state index contributed by atoms with van der Waals surface area (Å²) in [5, 5.41) is 5.31. The van der Waals surface area contributed by atoms with Crippen molar-refractivity contribution in [2.45, 2.75) is 25.8 Å². The van der Waals surface area contributed by atoms with Gasteiger partial charge in [0.25, 0.3) is 11.8 Å². The van der Waals surface area contributed by atoms with Gasteiger partial charge in [-0.25, -0.2) is 4.68 Å². The fourth-order valence-corrected chi connectivity index (χ4v) is 5.50.